The minimum atomic E-state index is -0.263. The Kier molecular flexibility index (Phi) is 7.63. The standard InChI is InChI=1S/C18H24N4O4/c1-24-11-10-19-17-7-5-14(21-22-17)18(23)20-9-8-13-4-6-15(25-2)16(12-13)26-3/h4-7,12H,8-11H2,1-3H3,(H,19,22)(H,20,23). The number of nitrogens with zero attached hydrogens (tertiary/aromatic N) is 2. The number of anilines is 1. The number of aromatic nitrogens is 2. The van der Waals surface area contributed by atoms with Crippen molar-refractivity contribution in [2.75, 3.05) is 46.3 Å². The van der Waals surface area contributed by atoms with Crippen LogP contribution in [0.5, 0.6) is 11.5 Å². The van der Waals surface area contributed by atoms with E-state index in [1.807, 2.05) is 18.2 Å². The molecule has 26 heavy (non-hydrogen) atoms. The number of hydrogen-bond acceptors (Lipinski definition) is 7. The molecule has 0 bridgehead atoms. The fraction of sp³-hybridized carbons (Fsp3) is 0.389. The maximum atomic E-state index is 12.1. The number of methoxy groups -OCH3 is 3. The molecule has 2 aromatic rings. The fourth-order valence-corrected chi connectivity index (χ4v) is 2.28. The Balaban J connectivity index is 1.83. The number of nitrogens with one attached hydrogen (secondary N) is 2. The molecular weight excluding hydrogens is 336 g/mol. The second kappa shape index (κ2) is 10.2. The van der Waals surface area contributed by atoms with E-state index in [9.17, 15) is 4.79 Å². The van der Waals surface area contributed by atoms with Crippen molar-refractivity contribution < 1.29 is 19.0 Å². The summed E-state index contributed by atoms with van der Waals surface area (Å²) in [7, 11) is 4.82. The smallest absolute Gasteiger partial charge is 0.271 e. The van der Waals surface area contributed by atoms with Gasteiger partial charge in [-0.05, 0) is 36.2 Å². The lowest BCUT2D eigenvalue weighted by Gasteiger charge is -2.10. The zero-order valence-corrected chi connectivity index (χ0v) is 15.2. The van der Waals surface area contributed by atoms with Gasteiger partial charge in [-0.25, -0.2) is 0 Å². The van der Waals surface area contributed by atoms with Gasteiger partial charge in [0.25, 0.3) is 5.91 Å². The Hall–Kier alpha value is -2.87. The van der Waals surface area contributed by atoms with Crippen LogP contribution in [0.1, 0.15) is 16.1 Å². The second-order valence-corrected chi connectivity index (χ2v) is 5.42. The molecule has 0 aliphatic rings. The molecule has 0 aliphatic heterocycles. The third kappa shape index (κ3) is 5.59. The predicted octanol–water partition coefficient (Wildman–Crippen LogP) is 1.52. The molecule has 0 spiro atoms. The first-order valence-corrected chi connectivity index (χ1v) is 8.23. The summed E-state index contributed by atoms with van der Waals surface area (Å²) in [5.74, 6) is 1.68. The topological polar surface area (TPSA) is 94.6 Å². The molecule has 2 N–H and O–H groups in total. The summed E-state index contributed by atoms with van der Waals surface area (Å²) in [5, 5.41) is 13.8. The average molecular weight is 360 g/mol. The normalized spacial score (nSPS) is 10.3. The summed E-state index contributed by atoms with van der Waals surface area (Å²) < 4.78 is 15.4. The van der Waals surface area contributed by atoms with Gasteiger partial charge in [-0.2, -0.15) is 0 Å². The fourth-order valence-electron chi connectivity index (χ4n) is 2.28. The highest BCUT2D eigenvalue weighted by atomic mass is 16.5. The lowest BCUT2D eigenvalue weighted by atomic mass is 10.1. The van der Waals surface area contributed by atoms with Crippen LogP contribution in [0.15, 0.2) is 30.3 Å². The summed E-state index contributed by atoms with van der Waals surface area (Å²) in [5.41, 5.74) is 1.31. The highest BCUT2D eigenvalue weighted by Crippen LogP contribution is 2.27. The van der Waals surface area contributed by atoms with Gasteiger partial charge in [0, 0.05) is 20.2 Å². The summed E-state index contributed by atoms with van der Waals surface area (Å²) >= 11 is 0. The van der Waals surface area contributed by atoms with Crippen molar-refractivity contribution in [2.45, 2.75) is 6.42 Å². The highest BCUT2D eigenvalue weighted by molar-refractivity contribution is 5.92. The Morgan fingerprint density at radius 2 is 1.81 bits per heavy atom. The Morgan fingerprint density at radius 3 is 2.46 bits per heavy atom. The average Bonchev–Trinajstić information content (AvgIpc) is 2.68. The molecule has 2 rings (SSSR count). The number of carbonyl (C=O) groups is 1. The molecule has 0 radical (unpaired) electrons. The van der Waals surface area contributed by atoms with Crippen molar-refractivity contribution in [3.8, 4) is 11.5 Å². The molecule has 8 nitrogen and oxygen atoms in total. The molecule has 8 heteroatoms. The first kappa shape index (κ1) is 19.5. The van der Waals surface area contributed by atoms with Crippen molar-refractivity contribution in [2.24, 2.45) is 0 Å². The third-order valence-electron chi connectivity index (χ3n) is 3.66. The number of rotatable bonds is 10. The molecule has 1 amide bonds. The first-order chi connectivity index (χ1) is 12.7. The van der Waals surface area contributed by atoms with Gasteiger partial charge in [-0.3, -0.25) is 4.79 Å². The van der Waals surface area contributed by atoms with Crippen LogP contribution in [-0.4, -0.2) is 57.1 Å². The maximum Gasteiger partial charge on any atom is 0.271 e. The molecule has 1 heterocycles. The van der Waals surface area contributed by atoms with Crippen LogP contribution in [0, 0.1) is 0 Å². The van der Waals surface area contributed by atoms with Gasteiger partial charge in [-0.1, -0.05) is 6.07 Å². The zero-order chi connectivity index (χ0) is 18.8. The molecular formula is C18H24N4O4. The Bertz CT molecular complexity index is 707. The SMILES string of the molecule is COCCNc1ccc(C(=O)NCCc2ccc(OC)c(OC)c2)nn1. The van der Waals surface area contributed by atoms with E-state index in [4.69, 9.17) is 14.2 Å². The zero-order valence-electron chi connectivity index (χ0n) is 15.2. The number of ether oxygens (including phenoxy) is 3. The van der Waals surface area contributed by atoms with Crippen molar-refractivity contribution in [3.05, 3.63) is 41.6 Å². The largest absolute Gasteiger partial charge is 0.493 e. The summed E-state index contributed by atoms with van der Waals surface area (Å²) in [6.45, 7) is 1.67. The van der Waals surface area contributed by atoms with E-state index in [0.29, 0.717) is 43.4 Å². The number of hydrogen-bond donors (Lipinski definition) is 2. The van der Waals surface area contributed by atoms with Crippen LogP contribution >= 0.6 is 0 Å². The van der Waals surface area contributed by atoms with Crippen LogP contribution in [-0.2, 0) is 11.2 Å². The van der Waals surface area contributed by atoms with Crippen LogP contribution < -0.4 is 20.1 Å². The third-order valence-corrected chi connectivity index (χ3v) is 3.66. The van der Waals surface area contributed by atoms with Gasteiger partial charge in [-0.15, -0.1) is 10.2 Å². The van der Waals surface area contributed by atoms with Crippen molar-refractivity contribution in [1.29, 1.82) is 0 Å². The van der Waals surface area contributed by atoms with Gasteiger partial charge < -0.3 is 24.8 Å². The van der Waals surface area contributed by atoms with Gasteiger partial charge in [0.05, 0.1) is 20.8 Å². The van der Waals surface area contributed by atoms with Crippen LogP contribution in [0.4, 0.5) is 5.82 Å². The molecule has 0 saturated heterocycles. The monoisotopic (exact) mass is 360 g/mol. The highest BCUT2D eigenvalue weighted by Gasteiger charge is 2.09. The lowest BCUT2D eigenvalue weighted by Crippen LogP contribution is -2.27. The number of carbonyl (C=O) groups excluding carboxylic acids is 1. The molecule has 0 aliphatic carbocycles. The maximum absolute atomic E-state index is 12.1. The van der Waals surface area contributed by atoms with Gasteiger partial charge in [0.2, 0.25) is 0 Å². The lowest BCUT2D eigenvalue weighted by molar-refractivity contribution is 0.0948. The van der Waals surface area contributed by atoms with Crippen molar-refractivity contribution in [3.63, 3.8) is 0 Å². The van der Waals surface area contributed by atoms with E-state index in [1.54, 1.807) is 33.5 Å². The second-order valence-electron chi connectivity index (χ2n) is 5.42. The Morgan fingerprint density at radius 1 is 1.00 bits per heavy atom. The van der Waals surface area contributed by atoms with E-state index in [1.165, 1.54) is 0 Å². The summed E-state index contributed by atoms with van der Waals surface area (Å²) in [4.78, 5) is 12.1. The van der Waals surface area contributed by atoms with E-state index >= 15 is 0 Å². The quantitative estimate of drug-likeness (QED) is 0.620. The molecule has 0 saturated carbocycles. The molecule has 0 atom stereocenters. The number of benzene rings is 1. The van der Waals surface area contributed by atoms with Gasteiger partial charge in [0.1, 0.15) is 5.82 Å². The van der Waals surface area contributed by atoms with Crippen LogP contribution in [0.3, 0.4) is 0 Å². The summed E-state index contributed by atoms with van der Waals surface area (Å²) in [6.07, 6.45) is 0.663. The summed E-state index contributed by atoms with van der Waals surface area (Å²) in [6, 6.07) is 9.02. The van der Waals surface area contributed by atoms with Crippen LogP contribution in [0.2, 0.25) is 0 Å². The molecule has 0 unspecified atom stereocenters. The first-order valence-electron chi connectivity index (χ1n) is 8.23. The Labute approximate surface area is 152 Å². The van der Waals surface area contributed by atoms with Crippen molar-refractivity contribution in [1.82, 2.24) is 15.5 Å². The molecule has 140 valence electrons. The minimum absolute atomic E-state index is 0.263. The minimum Gasteiger partial charge on any atom is -0.493 e. The number of amides is 1. The van der Waals surface area contributed by atoms with E-state index < -0.39 is 0 Å². The van der Waals surface area contributed by atoms with E-state index in [0.717, 1.165) is 5.56 Å². The molecule has 0 fully saturated rings. The van der Waals surface area contributed by atoms with E-state index in [2.05, 4.69) is 20.8 Å². The van der Waals surface area contributed by atoms with Gasteiger partial charge >= 0.3 is 0 Å². The van der Waals surface area contributed by atoms with Crippen LogP contribution in [0.25, 0.3) is 0 Å². The molecule has 1 aromatic heterocycles. The van der Waals surface area contributed by atoms with E-state index in [-0.39, 0.29) is 11.6 Å². The predicted molar refractivity (Wildman–Crippen MR) is 98.0 cm³/mol. The van der Waals surface area contributed by atoms with Crippen molar-refractivity contribution >= 4 is 11.7 Å². The molecule has 1 aromatic carbocycles. The van der Waals surface area contributed by atoms with Gasteiger partial charge in [0.15, 0.2) is 17.2 Å².